The molecule has 1 amide bonds. The van der Waals surface area contributed by atoms with Crippen LogP contribution in [0.3, 0.4) is 0 Å². The van der Waals surface area contributed by atoms with Crippen molar-refractivity contribution >= 4 is 17.7 Å². The summed E-state index contributed by atoms with van der Waals surface area (Å²) in [5.41, 5.74) is 0.710. The minimum absolute atomic E-state index is 0.0697. The summed E-state index contributed by atoms with van der Waals surface area (Å²) in [5, 5.41) is 0. The average Bonchev–Trinajstić information content (AvgIpc) is 2.74. The Bertz CT molecular complexity index is 724. The number of anilines is 2. The number of amides is 1. The zero-order chi connectivity index (χ0) is 19.1. The van der Waals surface area contributed by atoms with Crippen LogP contribution in [0, 0.1) is 0 Å². The van der Waals surface area contributed by atoms with Crippen molar-refractivity contribution in [3.8, 4) is 0 Å². The summed E-state index contributed by atoms with van der Waals surface area (Å²) in [4.78, 5) is 32.3. The topological polar surface area (TPSA) is 65.5 Å². The highest BCUT2D eigenvalue weighted by atomic mass is 16.2. The van der Waals surface area contributed by atoms with Crippen molar-refractivity contribution in [2.75, 3.05) is 49.1 Å². The Balaban J connectivity index is 1.65. The van der Waals surface area contributed by atoms with E-state index in [4.69, 9.17) is 0 Å². The summed E-state index contributed by atoms with van der Waals surface area (Å²) < 4.78 is 0. The first-order valence-corrected chi connectivity index (χ1v) is 9.75. The normalized spacial score (nSPS) is 14.3. The monoisotopic (exact) mass is 368 g/mol. The first-order chi connectivity index (χ1) is 13.2. The molecule has 0 spiro atoms. The largest absolute Gasteiger partial charge is 0.357 e. The second kappa shape index (κ2) is 9.30. The van der Waals surface area contributed by atoms with Crippen LogP contribution in [-0.4, -0.2) is 65.0 Å². The van der Waals surface area contributed by atoms with E-state index in [9.17, 15) is 4.79 Å². The van der Waals surface area contributed by atoms with Crippen molar-refractivity contribution in [3.63, 3.8) is 0 Å². The molecule has 0 radical (unpaired) electrons. The number of hydrogen-bond donors (Lipinski definition) is 0. The SMILES string of the molecule is CCCN(CCC)c1cc(C(=O)N2CCN(c3ncccn3)CC2)ccn1. The fourth-order valence-corrected chi connectivity index (χ4v) is 3.35. The van der Waals surface area contributed by atoms with Gasteiger partial charge in [-0.1, -0.05) is 13.8 Å². The van der Waals surface area contributed by atoms with Gasteiger partial charge in [-0.3, -0.25) is 4.79 Å². The smallest absolute Gasteiger partial charge is 0.254 e. The first kappa shape index (κ1) is 19.1. The van der Waals surface area contributed by atoms with Gasteiger partial charge >= 0.3 is 0 Å². The van der Waals surface area contributed by atoms with Crippen LogP contribution in [0.25, 0.3) is 0 Å². The Morgan fingerprint density at radius 2 is 1.67 bits per heavy atom. The molecule has 1 fully saturated rings. The molecule has 3 heterocycles. The number of carbonyl (C=O) groups is 1. The number of rotatable bonds is 7. The molecule has 1 aliphatic rings. The van der Waals surface area contributed by atoms with Crippen molar-refractivity contribution in [3.05, 3.63) is 42.4 Å². The molecule has 144 valence electrons. The molecule has 27 heavy (non-hydrogen) atoms. The van der Waals surface area contributed by atoms with Gasteiger partial charge in [0.15, 0.2) is 0 Å². The van der Waals surface area contributed by atoms with Crippen LogP contribution in [0.4, 0.5) is 11.8 Å². The third-order valence-electron chi connectivity index (χ3n) is 4.71. The molecule has 7 heteroatoms. The second-order valence-corrected chi connectivity index (χ2v) is 6.72. The molecule has 2 aromatic heterocycles. The third-order valence-corrected chi connectivity index (χ3v) is 4.71. The molecular formula is C20H28N6O. The van der Waals surface area contributed by atoms with E-state index in [0.29, 0.717) is 18.7 Å². The van der Waals surface area contributed by atoms with Gasteiger partial charge in [0.1, 0.15) is 5.82 Å². The van der Waals surface area contributed by atoms with Crippen LogP contribution in [0.2, 0.25) is 0 Å². The predicted molar refractivity (Wildman–Crippen MR) is 107 cm³/mol. The van der Waals surface area contributed by atoms with Gasteiger partial charge in [-0.2, -0.15) is 0 Å². The molecule has 1 aliphatic heterocycles. The molecule has 0 atom stereocenters. The van der Waals surface area contributed by atoms with Gasteiger partial charge in [-0.25, -0.2) is 15.0 Å². The number of aromatic nitrogens is 3. The van der Waals surface area contributed by atoms with E-state index in [2.05, 4.69) is 38.6 Å². The fraction of sp³-hybridized carbons (Fsp3) is 0.500. The minimum Gasteiger partial charge on any atom is -0.357 e. The number of pyridine rings is 1. The highest BCUT2D eigenvalue weighted by molar-refractivity contribution is 5.95. The number of carbonyl (C=O) groups excluding carboxylic acids is 1. The lowest BCUT2D eigenvalue weighted by Gasteiger charge is -2.34. The lowest BCUT2D eigenvalue weighted by Crippen LogP contribution is -2.49. The maximum atomic E-state index is 13.0. The Kier molecular flexibility index (Phi) is 6.57. The fourth-order valence-electron chi connectivity index (χ4n) is 3.35. The van der Waals surface area contributed by atoms with Gasteiger partial charge in [-0.15, -0.1) is 0 Å². The van der Waals surface area contributed by atoms with E-state index in [1.807, 2.05) is 23.1 Å². The summed E-state index contributed by atoms with van der Waals surface area (Å²) in [6, 6.07) is 5.56. The van der Waals surface area contributed by atoms with Gasteiger partial charge < -0.3 is 14.7 Å². The quantitative estimate of drug-likeness (QED) is 0.748. The van der Waals surface area contributed by atoms with Crippen LogP contribution in [-0.2, 0) is 0 Å². The highest BCUT2D eigenvalue weighted by Gasteiger charge is 2.24. The van der Waals surface area contributed by atoms with Crippen LogP contribution in [0.15, 0.2) is 36.8 Å². The van der Waals surface area contributed by atoms with Crippen molar-refractivity contribution < 1.29 is 4.79 Å². The Labute approximate surface area is 161 Å². The van der Waals surface area contributed by atoms with E-state index in [1.165, 1.54) is 0 Å². The standard InChI is InChI=1S/C20H28N6O/c1-3-10-24(11-4-2)18-16-17(6-9-21-18)19(27)25-12-14-26(15-13-25)20-22-7-5-8-23-20/h5-9,16H,3-4,10-15H2,1-2H3. The summed E-state index contributed by atoms with van der Waals surface area (Å²) in [7, 11) is 0. The number of piperazine rings is 1. The summed E-state index contributed by atoms with van der Waals surface area (Å²) >= 11 is 0. The van der Waals surface area contributed by atoms with Crippen LogP contribution in [0.5, 0.6) is 0 Å². The lowest BCUT2D eigenvalue weighted by molar-refractivity contribution is 0.0746. The van der Waals surface area contributed by atoms with Crippen LogP contribution in [0.1, 0.15) is 37.0 Å². The molecular weight excluding hydrogens is 340 g/mol. The maximum Gasteiger partial charge on any atom is 0.254 e. The summed E-state index contributed by atoms with van der Waals surface area (Å²) in [6.07, 6.45) is 7.36. The van der Waals surface area contributed by atoms with Gasteiger partial charge in [0.25, 0.3) is 5.91 Å². The summed E-state index contributed by atoms with van der Waals surface area (Å²) in [5.74, 6) is 1.69. The second-order valence-electron chi connectivity index (χ2n) is 6.72. The van der Waals surface area contributed by atoms with Crippen LogP contribution < -0.4 is 9.80 Å². The van der Waals surface area contributed by atoms with E-state index in [0.717, 1.165) is 50.8 Å². The molecule has 2 aromatic rings. The average molecular weight is 368 g/mol. The molecule has 7 nitrogen and oxygen atoms in total. The van der Waals surface area contributed by atoms with Gasteiger partial charge in [0, 0.05) is 63.4 Å². The zero-order valence-corrected chi connectivity index (χ0v) is 16.2. The van der Waals surface area contributed by atoms with Gasteiger partial charge in [0.2, 0.25) is 5.95 Å². The molecule has 0 aromatic carbocycles. The molecule has 0 saturated carbocycles. The molecule has 0 N–H and O–H groups in total. The van der Waals surface area contributed by atoms with Crippen molar-refractivity contribution in [2.45, 2.75) is 26.7 Å². The third kappa shape index (κ3) is 4.72. The van der Waals surface area contributed by atoms with Crippen LogP contribution >= 0.6 is 0 Å². The molecule has 0 bridgehead atoms. The van der Waals surface area contributed by atoms with Crippen molar-refractivity contribution in [1.29, 1.82) is 0 Å². The molecule has 0 aliphatic carbocycles. The lowest BCUT2D eigenvalue weighted by atomic mass is 10.2. The number of nitrogens with zero attached hydrogens (tertiary/aromatic N) is 6. The first-order valence-electron chi connectivity index (χ1n) is 9.75. The van der Waals surface area contributed by atoms with Crippen molar-refractivity contribution in [2.24, 2.45) is 0 Å². The Morgan fingerprint density at radius 3 is 2.30 bits per heavy atom. The molecule has 1 saturated heterocycles. The Hall–Kier alpha value is -2.70. The molecule has 3 rings (SSSR count). The summed E-state index contributed by atoms with van der Waals surface area (Å²) in [6.45, 7) is 9.05. The predicted octanol–water partition coefficient (Wildman–Crippen LogP) is 2.46. The van der Waals surface area contributed by atoms with E-state index < -0.39 is 0 Å². The highest BCUT2D eigenvalue weighted by Crippen LogP contribution is 2.17. The zero-order valence-electron chi connectivity index (χ0n) is 16.2. The van der Waals surface area contributed by atoms with Gasteiger partial charge in [0.05, 0.1) is 0 Å². The van der Waals surface area contributed by atoms with E-state index >= 15 is 0 Å². The number of hydrogen-bond acceptors (Lipinski definition) is 6. The molecule has 0 unspecified atom stereocenters. The van der Waals surface area contributed by atoms with E-state index in [1.54, 1.807) is 18.6 Å². The van der Waals surface area contributed by atoms with Crippen molar-refractivity contribution in [1.82, 2.24) is 19.9 Å². The van der Waals surface area contributed by atoms with Gasteiger partial charge in [-0.05, 0) is 31.0 Å². The maximum absolute atomic E-state index is 13.0. The van der Waals surface area contributed by atoms with E-state index in [-0.39, 0.29) is 5.91 Å². The minimum atomic E-state index is 0.0697. The Morgan fingerprint density at radius 1 is 1.00 bits per heavy atom.